The number of H-pyrrole nitrogens is 1. The van der Waals surface area contributed by atoms with Crippen LogP contribution in [0.5, 0.6) is 0 Å². The van der Waals surface area contributed by atoms with Crippen LogP contribution >= 0.6 is 27.5 Å². The Labute approximate surface area is 111 Å². The van der Waals surface area contributed by atoms with E-state index in [1.165, 1.54) is 0 Å². The molecule has 0 aliphatic carbocycles. The Kier molecular flexibility index (Phi) is 3.22. The molecule has 17 heavy (non-hydrogen) atoms. The number of nitrogens with two attached hydrogens (primary N) is 1. The van der Waals surface area contributed by atoms with Gasteiger partial charge in [0.2, 0.25) is 0 Å². The molecule has 1 aromatic carbocycles. The van der Waals surface area contributed by atoms with Gasteiger partial charge in [-0.1, -0.05) is 11.6 Å². The third kappa shape index (κ3) is 2.35. The second kappa shape index (κ2) is 4.50. The second-order valence-corrected chi connectivity index (χ2v) is 4.82. The summed E-state index contributed by atoms with van der Waals surface area (Å²) in [6.45, 7) is 1.63. The highest BCUT2D eigenvalue weighted by atomic mass is 79.9. The van der Waals surface area contributed by atoms with E-state index in [9.17, 15) is 4.79 Å². The number of aromatic amines is 1. The lowest BCUT2D eigenvalue weighted by atomic mass is 10.2. The average Bonchev–Trinajstić information content (AvgIpc) is 2.29. The van der Waals surface area contributed by atoms with E-state index in [0.717, 1.165) is 10.0 Å². The molecular formula is C11H9BrClN3O. The van der Waals surface area contributed by atoms with Gasteiger partial charge in [-0.25, -0.2) is 4.98 Å². The van der Waals surface area contributed by atoms with E-state index in [1.54, 1.807) is 25.1 Å². The van der Waals surface area contributed by atoms with Gasteiger partial charge in [0, 0.05) is 10.0 Å². The van der Waals surface area contributed by atoms with Crippen molar-refractivity contribution in [3.63, 3.8) is 0 Å². The quantitative estimate of drug-likeness (QED) is 0.850. The molecule has 0 atom stereocenters. The largest absolute Gasteiger partial charge is 0.383 e. The third-order valence-corrected chi connectivity index (χ3v) is 3.60. The van der Waals surface area contributed by atoms with Crippen LogP contribution in [0.3, 0.4) is 0 Å². The van der Waals surface area contributed by atoms with Crippen LogP contribution in [-0.4, -0.2) is 9.97 Å². The maximum absolute atomic E-state index is 11.6. The molecule has 0 saturated heterocycles. The molecule has 0 radical (unpaired) electrons. The van der Waals surface area contributed by atoms with Crippen molar-refractivity contribution in [2.45, 2.75) is 6.92 Å². The van der Waals surface area contributed by atoms with Crippen LogP contribution in [-0.2, 0) is 0 Å². The van der Waals surface area contributed by atoms with E-state index >= 15 is 0 Å². The molecule has 0 spiro atoms. The summed E-state index contributed by atoms with van der Waals surface area (Å²) in [5, 5.41) is 0.594. The lowest BCUT2D eigenvalue weighted by Gasteiger charge is -2.05. The van der Waals surface area contributed by atoms with E-state index in [-0.39, 0.29) is 11.4 Å². The fourth-order valence-corrected chi connectivity index (χ4v) is 1.83. The van der Waals surface area contributed by atoms with Gasteiger partial charge in [-0.2, -0.15) is 0 Å². The number of nitrogens with one attached hydrogen (secondary N) is 1. The number of nitrogen functional groups attached to an aromatic ring is 1. The molecule has 0 bridgehead atoms. The van der Waals surface area contributed by atoms with E-state index in [0.29, 0.717) is 16.4 Å². The number of halogens is 2. The molecule has 0 saturated carbocycles. The predicted octanol–water partition coefficient (Wildman–Crippen LogP) is 2.74. The predicted molar refractivity (Wildman–Crippen MR) is 72.2 cm³/mol. The minimum absolute atomic E-state index is 0.231. The average molecular weight is 315 g/mol. The first-order valence-corrected chi connectivity index (χ1v) is 5.98. The SMILES string of the molecule is Cc1c(N)nc(-c2ccc(Cl)c(Br)c2)[nH]c1=O. The summed E-state index contributed by atoms with van der Waals surface area (Å²) in [6, 6.07) is 5.26. The summed E-state index contributed by atoms with van der Waals surface area (Å²) in [6.07, 6.45) is 0. The highest BCUT2D eigenvalue weighted by Crippen LogP contribution is 2.27. The Morgan fingerprint density at radius 1 is 1.47 bits per heavy atom. The van der Waals surface area contributed by atoms with E-state index in [4.69, 9.17) is 17.3 Å². The lowest BCUT2D eigenvalue weighted by Crippen LogP contribution is -2.15. The summed E-state index contributed by atoms with van der Waals surface area (Å²) < 4.78 is 0.735. The first kappa shape index (κ1) is 12.1. The van der Waals surface area contributed by atoms with Gasteiger partial charge in [-0.3, -0.25) is 4.79 Å². The van der Waals surface area contributed by atoms with Gasteiger partial charge in [-0.15, -0.1) is 0 Å². The summed E-state index contributed by atoms with van der Waals surface area (Å²) in [7, 11) is 0. The van der Waals surface area contributed by atoms with Gasteiger partial charge in [0.15, 0.2) is 0 Å². The normalized spacial score (nSPS) is 10.5. The molecule has 6 heteroatoms. The van der Waals surface area contributed by atoms with Crippen LogP contribution < -0.4 is 11.3 Å². The van der Waals surface area contributed by atoms with Crippen LogP contribution in [0.4, 0.5) is 5.82 Å². The van der Waals surface area contributed by atoms with Crippen molar-refractivity contribution in [2.75, 3.05) is 5.73 Å². The summed E-state index contributed by atoms with van der Waals surface area (Å²) >= 11 is 9.20. The van der Waals surface area contributed by atoms with Gasteiger partial charge >= 0.3 is 0 Å². The Morgan fingerprint density at radius 3 is 2.76 bits per heavy atom. The molecule has 2 aromatic rings. The fourth-order valence-electron chi connectivity index (χ4n) is 1.33. The molecule has 0 aliphatic rings. The lowest BCUT2D eigenvalue weighted by molar-refractivity contribution is 1.10. The van der Waals surface area contributed by atoms with Crippen LogP contribution in [0.15, 0.2) is 27.5 Å². The molecule has 0 aliphatic heterocycles. The molecule has 1 heterocycles. The molecule has 3 N–H and O–H groups in total. The third-order valence-electron chi connectivity index (χ3n) is 2.38. The van der Waals surface area contributed by atoms with Crippen molar-refractivity contribution < 1.29 is 0 Å². The van der Waals surface area contributed by atoms with Crippen LogP contribution in [0.1, 0.15) is 5.56 Å². The second-order valence-electron chi connectivity index (χ2n) is 3.55. The summed E-state index contributed by atoms with van der Waals surface area (Å²) in [5.74, 6) is 0.658. The van der Waals surface area contributed by atoms with Crippen LogP contribution in [0, 0.1) is 6.92 Å². The highest BCUT2D eigenvalue weighted by molar-refractivity contribution is 9.10. The number of hydrogen-bond donors (Lipinski definition) is 2. The number of benzene rings is 1. The number of rotatable bonds is 1. The van der Waals surface area contributed by atoms with Gasteiger partial charge in [0.1, 0.15) is 11.6 Å². The standard InChI is InChI=1S/C11H9BrClN3O/c1-5-9(14)15-10(16-11(5)17)6-2-3-8(13)7(12)4-6/h2-4H,1H3,(H3,14,15,16,17). The monoisotopic (exact) mass is 313 g/mol. The smallest absolute Gasteiger partial charge is 0.256 e. The van der Waals surface area contributed by atoms with Crippen LogP contribution in [0.2, 0.25) is 5.02 Å². The van der Waals surface area contributed by atoms with Crippen molar-refractivity contribution in [3.05, 3.63) is 43.6 Å². The van der Waals surface area contributed by atoms with Crippen molar-refractivity contribution >= 4 is 33.3 Å². The highest BCUT2D eigenvalue weighted by Gasteiger charge is 2.07. The van der Waals surface area contributed by atoms with Gasteiger partial charge in [0.05, 0.1) is 10.6 Å². The van der Waals surface area contributed by atoms with E-state index in [2.05, 4.69) is 25.9 Å². The zero-order chi connectivity index (χ0) is 12.6. The maximum atomic E-state index is 11.6. The van der Waals surface area contributed by atoms with E-state index < -0.39 is 0 Å². The number of hydrogen-bond acceptors (Lipinski definition) is 3. The van der Waals surface area contributed by atoms with Crippen molar-refractivity contribution in [1.82, 2.24) is 9.97 Å². The van der Waals surface area contributed by atoms with Crippen LogP contribution in [0.25, 0.3) is 11.4 Å². The topological polar surface area (TPSA) is 71.8 Å². The summed E-state index contributed by atoms with van der Waals surface area (Å²) in [4.78, 5) is 18.4. The van der Waals surface area contributed by atoms with Crippen molar-refractivity contribution in [1.29, 1.82) is 0 Å². The minimum atomic E-state index is -0.237. The fraction of sp³-hybridized carbons (Fsp3) is 0.0909. The molecular weight excluding hydrogens is 305 g/mol. The Bertz CT molecular complexity index is 639. The van der Waals surface area contributed by atoms with Gasteiger partial charge in [-0.05, 0) is 41.1 Å². The number of nitrogens with zero attached hydrogens (tertiary/aromatic N) is 1. The first-order valence-electron chi connectivity index (χ1n) is 4.81. The molecule has 4 nitrogen and oxygen atoms in total. The minimum Gasteiger partial charge on any atom is -0.383 e. The molecule has 2 rings (SSSR count). The summed E-state index contributed by atoms with van der Waals surface area (Å²) in [5.41, 5.74) is 6.58. The molecule has 0 fully saturated rings. The van der Waals surface area contributed by atoms with Crippen molar-refractivity contribution in [3.8, 4) is 11.4 Å². The zero-order valence-electron chi connectivity index (χ0n) is 8.92. The molecule has 1 aromatic heterocycles. The molecule has 0 amide bonds. The number of aromatic nitrogens is 2. The Morgan fingerprint density at radius 2 is 2.18 bits per heavy atom. The molecule has 88 valence electrons. The maximum Gasteiger partial charge on any atom is 0.256 e. The van der Waals surface area contributed by atoms with E-state index in [1.807, 2.05) is 0 Å². The van der Waals surface area contributed by atoms with Gasteiger partial charge in [0.25, 0.3) is 5.56 Å². The van der Waals surface area contributed by atoms with Gasteiger partial charge < -0.3 is 10.7 Å². The first-order chi connectivity index (χ1) is 7.99. The van der Waals surface area contributed by atoms with Crippen molar-refractivity contribution in [2.24, 2.45) is 0 Å². The zero-order valence-corrected chi connectivity index (χ0v) is 11.3. The Hall–Kier alpha value is -1.33. The Balaban J connectivity index is 2.61. The number of anilines is 1. The molecule has 0 unspecified atom stereocenters.